The number of carbonyl (C=O) groups is 1. The van der Waals surface area contributed by atoms with Crippen molar-refractivity contribution in [3.63, 3.8) is 0 Å². The average molecular weight is 442 g/mol. The maximum absolute atomic E-state index is 13.6. The molecular formula is C26H23FN4O2. The highest BCUT2D eigenvalue weighted by Crippen LogP contribution is 2.24. The average Bonchev–Trinajstić information content (AvgIpc) is 3.34. The number of aryl methyl sites for hydroxylation is 1. The van der Waals surface area contributed by atoms with Gasteiger partial charge in [-0.05, 0) is 68.3 Å². The Balaban J connectivity index is 1.60. The molecule has 1 aliphatic rings. The molecule has 7 heteroatoms. The zero-order valence-electron chi connectivity index (χ0n) is 18.2. The SMILES string of the molecule is Cc1ccc(-n2c(N3CCCC3)nc3cc(C(=O)Nc4cccc(F)c4)ccc3c2=O)cc1. The van der Waals surface area contributed by atoms with E-state index in [1.165, 1.54) is 18.2 Å². The normalized spacial score (nSPS) is 13.5. The summed E-state index contributed by atoms with van der Waals surface area (Å²) in [5.74, 6) is -0.244. The number of rotatable bonds is 4. The Kier molecular flexibility index (Phi) is 5.38. The largest absolute Gasteiger partial charge is 0.342 e. The van der Waals surface area contributed by atoms with E-state index in [1.54, 1.807) is 28.8 Å². The fraction of sp³-hybridized carbons (Fsp3) is 0.192. The summed E-state index contributed by atoms with van der Waals surface area (Å²) in [5, 5.41) is 3.12. The minimum atomic E-state index is -0.431. The first-order chi connectivity index (χ1) is 16.0. The predicted octanol–water partition coefficient (Wildman–Crippen LogP) is 4.69. The number of fused-ring (bicyclic) bond motifs is 1. The van der Waals surface area contributed by atoms with E-state index in [1.807, 2.05) is 31.2 Å². The van der Waals surface area contributed by atoms with Gasteiger partial charge in [0, 0.05) is 24.3 Å². The van der Waals surface area contributed by atoms with Crippen LogP contribution in [0.4, 0.5) is 16.0 Å². The summed E-state index contributed by atoms with van der Waals surface area (Å²) in [6.07, 6.45) is 2.08. The van der Waals surface area contributed by atoms with Crippen LogP contribution in [0.15, 0.2) is 71.5 Å². The van der Waals surface area contributed by atoms with Gasteiger partial charge < -0.3 is 10.2 Å². The van der Waals surface area contributed by atoms with Crippen LogP contribution in [0.1, 0.15) is 28.8 Å². The summed E-state index contributed by atoms with van der Waals surface area (Å²) in [5.41, 5.74) is 2.85. The van der Waals surface area contributed by atoms with Crippen LogP contribution in [0, 0.1) is 12.7 Å². The van der Waals surface area contributed by atoms with Crippen LogP contribution in [0.3, 0.4) is 0 Å². The Labute approximate surface area is 190 Å². The first-order valence-electron chi connectivity index (χ1n) is 11.0. The van der Waals surface area contributed by atoms with E-state index in [0.717, 1.165) is 37.2 Å². The molecule has 0 aliphatic carbocycles. The summed E-state index contributed by atoms with van der Waals surface area (Å²) >= 11 is 0. The lowest BCUT2D eigenvalue weighted by atomic mass is 10.1. The molecule has 0 radical (unpaired) electrons. The van der Waals surface area contributed by atoms with Gasteiger partial charge in [-0.1, -0.05) is 23.8 Å². The monoisotopic (exact) mass is 442 g/mol. The number of halogens is 1. The Morgan fingerprint density at radius 3 is 2.48 bits per heavy atom. The van der Waals surface area contributed by atoms with Crippen LogP contribution in [0.2, 0.25) is 0 Å². The van der Waals surface area contributed by atoms with E-state index in [-0.39, 0.29) is 5.56 Å². The first kappa shape index (κ1) is 20.9. The van der Waals surface area contributed by atoms with Gasteiger partial charge in [-0.25, -0.2) is 13.9 Å². The molecule has 0 bridgehead atoms. The Hall–Kier alpha value is -4.00. The Bertz CT molecular complexity index is 1410. The Morgan fingerprint density at radius 1 is 1.00 bits per heavy atom. The van der Waals surface area contributed by atoms with E-state index in [9.17, 15) is 14.0 Å². The second-order valence-electron chi connectivity index (χ2n) is 8.28. The van der Waals surface area contributed by atoms with Gasteiger partial charge in [0.1, 0.15) is 5.82 Å². The molecule has 3 aromatic carbocycles. The number of amides is 1. The molecule has 0 saturated carbocycles. The molecule has 0 atom stereocenters. The molecule has 166 valence electrons. The number of benzene rings is 3. The van der Waals surface area contributed by atoms with Crippen molar-refractivity contribution in [3.8, 4) is 5.69 Å². The lowest BCUT2D eigenvalue weighted by Crippen LogP contribution is -2.30. The quantitative estimate of drug-likeness (QED) is 0.498. The summed E-state index contributed by atoms with van der Waals surface area (Å²) in [6, 6.07) is 18.3. The van der Waals surface area contributed by atoms with Crippen LogP contribution in [-0.2, 0) is 0 Å². The van der Waals surface area contributed by atoms with E-state index in [0.29, 0.717) is 28.1 Å². The summed E-state index contributed by atoms with van der Waals surface area (Å²) < 4.78 is 15.1. The van der Waals surface area contributed by atoms with Crippen molar-refractivity contribution in [2.45, 2.75) is 19.8 Å². The molecule has 1 aliphatic heterocycles. The second kappa shape index (κ2) is 8.50. The standard InChI is InChI=1S/C26H23FN4O2/c1-17-7-10-21(11-8-17)31-25(33)22-12-9-18(24(32)28-20-6-4-5-19(27)16-20)15-23(22)29-26(31)30-13-2-3-14-30/h4-12,15-16H,2-3,13-14H2,1H3,(H,28,32). The first-order valence-corrected chi connectivity index (χ1v) is 11.0. The lowest BCUT2D eigenvalue weighted by Gasteiger charge is -2.22. The van der Waals surface area contributed by atoms with Crippen LogP contribution >= 0.6 is 0 Å². The zero-order valence-corrected chi connectivity index (χ0v) is 18.2. The van der Waals surface area contributed by atoms with Crippen molar-refractivity contribution in [1.82, 2.24) is 9.55 Å². The zero-order chi connectivity index (χ0) is 22.9. The van der Waals surface area contributed by atoms with E-state index in [2.05, 4.69) is 10.2 Å². The van der Waals surface area contributed by atoms with Gasteiger partial charge in [0.2, 0.25) is 5.95 Å². The molecule has 1 N–H and O–H groups in total. The van der Waals surface area contributed by atoms with Crippen molar-refractivity contribution < 1.29 is 9.18 Å². The van der Waals surface area contributed by atoms with Crippen molar-refractivity contribution in [2.24, 2.45) is 0 Å². The number of nitrogens with zero attached hydrogens (tertiary/aromatic N) is 3. The fourth-order valence-corrected chi connectivity index (χ4v) is 4.14. The molecule has 0 unspecified atom stereocenters. The molecule has 5 rings (SSSR count). The van der Waals surface area contributed by atoms with Gasteiger partial charge in [-0.3, -0.25) is 9.59 Å². The third kappa shape index (κ3) is 4.09. The smallest absolute Gasteiger partial charge is 0.267 e. The number of nitrogens with one attached hydrogen (secondary N) is 1. The summed E-state index contributed by atoms with van der Waals surface area (Å²) in [7, 11) is 0. The summed E-state index contributed by atoms with van der Waals surface area (Å²) in [6.45, 7) is 3.65. The summed E-state index contributed by atoms with van der Waals surface area (Å²) in [4.78, 5) is 33.3. The topological polar surface area (TPSA) is 67.2 Å². The molecule has 1 fully saturated rings. The molecular weight excluding hydrogens is 419 g/mol. The lowest BCUT2D eigenvalue weighted by molar-refractivity contribution is 0.102. The third-order valence-corrected chi connectivity index (χ3v) is 5.88. The van der Waals surface area contributed by atoms with Crippen molar-refractivity contribution in [2.75, 3.05) is 23.3 Å². The van der Waals surface area contributed by atoms with Crippen LogP contribution in [0.25, 0.3) is 16.6 Å². The van der Waals surface area contributed by atoms with E-state index in [4.69, 9.17) is 4.98 Å². The molecule has 4 aromatic rings. The van der Waals surface area contributed by atoms with Crippen molar-refractivity contribution in [3.05, 3.63) is 94.0 Å². The maximum Gasteiger partial charge on any atom is 0.267 e. The molecule has 1 aromatic heterocycles. The van der Waals surface area contributed by atoms with E-state index < -0.39 is 11.7 Å². The highest BCUT2D eigenvalue weighted by atomic mass is 19.1. The number of carbonyl (C=O) groups excluding carboxylic acids is 1. The molecule has 6 nitrogen and oxygen atoms in total. The number of aromatic nitrogens is 2. The minimum Gasteiger partial charge on any atom is -0.342 e. The number of anilines is 2. The second-order valence-corrected chi connectivity index (χ2v) is 8.28. The van der Waals surface area contributed by atoms with Gasteiger partial charge >= 0.3 is 0 Å². The molecule has 1 saturated heterocycles. The fourth-order valence-electron chi connectivity index (χ4n) is 4.14. The molecule has 1 amide bonds. The van der Waals surface area contributed by atoms with Crippen LogP contribution in [0.5, 0.6) is 0 Å². The predicted molar refractivity (Wildman–Crippen MR) is 128 cm³/mol. The van der Waals surface area contributed by atoms with Gasteiger partial charge in [-0.15, -0.1) is 0 Å². The van der Waals surface area contributed by atoms with Gasteiger partial charge in [-0.2, -0.15) is 0 Å². The van der Waals surface area contributed by atoms with E-state index >= 15 is 0 Å². The van der Waals surface area contributed by atoms with Crippen molar-refractivity contribution in [1.29, 1.82) is 0 Å². The van der Waals surface area contributed by atoms with Crippen LogP contribution < -0.4 is 15.8 Å². The minimum absolute atomic E-state index is 0.178. The number of hydrogen-bond acceptors (Lipinski definition) is 4. The maximum atomic E-state index is 13.6. The van der Waals surface area contributed by atoms with Crippen LogP contribution in [-0.4, -0.2) is 28.5 Å². The molecule has 0 spiro atoms. The van der Waals surface area contributed by atoms with Crippen molar-refractivity contribution >= 4 is 28.4 Å². The Morgan fingerprint density at radius 2 is 1.76 bits per heavy atom. The molecule has 2 heterocycles. The molecule has 33 heavy (non-hydrogen) atoms. The highest BCUT2D eigenvalue weighted by Gasteiger charge is 2.21. The third-order valence-electron chi connectivity index (χ3n) is 5.88. The van der Waals surface area contributed by atoms with Gasteiger partial charge in [0.25, 0.3) is 11.5 Å². The van der Waals surface area contributed by atoms with Gasteiger partial charge in [0.05, 0.1) is 16.6 Å². The highest BCUT2D eigenvalue weighted by molar-refractivity contribution is 6.06. The number of hydrogen-bond donors (Lipinski definition) is 1. The van der Waals surface area contributed by atoms with Gasteiger partial charge in [0.15, 0.2) is 0 Å².